The fraction of sp³-hybridized carbons (Fsp3) is 0.577. The summed E-state index contributed by atoms with van der Waals surface area (Å²) >= 11 is 0. The maximum Gasteiger partial charge on any atom is 0.472 e. The van der Waals surface area contributed by atoms with Crippen LogP contribution >= 0.6 is 7.82 Å². The van der Waals surface area contributed by atoms with Crippen LogP contribution in [-0.2, 0) is 32.7 Å². The Bertz CT molecular complexity index is 1460. The number of hydrogen-bond donors (Lipinski definition) is 3. The largest absolute Gasteiger partial charge is 0.480 e. The fourth-order valence-corrected chi connectivity index (χ4v) is 6.43. The second-order valence-corrected chi connectivity index (χ2v) is 16.6. The van der Waals surface area contributed by atoms with Gasteiger partial charge in [-0.05, 0) is 103 Å². The molecule has 4 N–H and O–H groups in total. The predicted octanol–water partition coefficient (Wildman–Crippen LogP) is 13.6. The van der Waals surface area contributed by atoms with Gasteiger partial charge in [-0.3, -0.25) is 18.6 Å². The van der Waals surface area contributed by atoms with Gasteiger partial charge in [-0.25, -0.2) is 4.57 Å². The molecule has 3 atom stereocenters. The van der Waals surface area contributed by atoms with E-state index in [1.54, 1.807) is 0 Å². The Kier molecular flexibility index (Phi) is 43.7. The SMILES string of the molecule is CC/C=C\C/C=C\C/C=C\C/C=C\C/C=C\CCCCCCCC(=O)OC(COCCCCCC/C=C\C/C=C\C/C=C\C/C=C\C/C=C\CC)COP(=O)(O)OCC(N)C(=O)O. The summed E-state index contributed by atoms with van der Waals surface area (Å²) in [6.45, 7) is 3.54. The summed E-state index contributed by atoms with van der Waals surface area (Å²) in [5.74, 6) is -1.82. The van der Waals surface area contributed by atoms with Gasteiger partial charge in [-0.1, -0.05) is 167 Å². The van der Waals surface area contributed by atoms with Gasteiger partial charge >= 0.3 is 19.8 Å². The second-order valence-electron chi connectivity index (χ2n) is 15.1. The summed E-state index contributed by atoms with van der Waals surface area (Å²) in [6.07, 6.45) is 63.9. The van der Waals surface area contributed by atoms with Crippen molar-refractivity contribution in [2.24, 2.45) is 5.73 Å². The number of hydrogen-bond acceptors (Lipinski definition) is 8. The van der Waals surface area contributed by atoms with Gasteiger partial charge in [0.25, 0.3) is 0 Å². The normalized spacial score (nSPS) is 14.9. The Hall–Kier alpha value is -3.63. The molecule has 0 radical (unpaired) electrons. The molecule has 0 amide bonds. The number of unbranched alkanes of at least 4 members (excludes halogenated alkanes) is 9. The van der Waals surface area contributed by atoms with Crippen LogP contribution in [0.1, 0.15) is 155 Å². The summed E-state index contributed by atoms with van der Waals surface area (Å²) < 4.78 is 33.4. The number of phosphoric ester groups is 1. The predicted molar refractivity (Wildman–Crippen MR) is 262 cm³/mol. The third-order valence-electron chi connectivity index (χ3n) is 9.24. The maximum absolute atomic E-state index is 12.7. The van der Waals surface area contributed by atoms with E-state index in [-0.39, 0.29) is 13.0 Å². The van der Waals surface area contributed by atoms with Crippen molar-refractivity contribution in [1.29, 1.82) is 0 Å². The number of ether oxygens (including phenoxy) is 2. The highest BCUT2D eigenvalue weighted by molar-refractivity contribution is 7.47. The molecule has 0 aliphatic heterocycles. The summed E-state index contributed by atoms with van der Waals surface area (Å²) in [5, 5.41) is 8.92. The van der Waals surface area contributed by atoms with Gasteiger partial charge in [0.15, 0.2) is 0 Å². The van der Waals surface area contributed by atoms with Gasteiger partial charge < -0.3 is 25.2 Å². The molecule has 0 aromatic rings. The molecule has 0 aliphatic rings. The van der Waals surface area contributed by atoms with Crippen LogP contribution in [0.3, 0.4) is 0 Å². The number of nitrogens with two attached hydrogens (primary N) is 1. The molecular formula is C52H84NO9P. The van der Waals surface area contributed by atoms with E-state index >= 15 is 0 Å². The van der Waals surface area contributed by atoms with Crippen LogP contribution in [0.5, 0.6) is 0 Å². The number of carbonyl (C=O) groups is 2. The number of esters is 1. The Morgan fingerprint density at radius 2 is 0.873 bits per heavy atom. The molecule has 0 saturated carbocycles. The van der Waals surface area contributed by atoms with Crippen molar-refractivity contribution in [2.75, 3.05) is 26.4 Å². The molecule has 356 valence electrons. The van der Waals surface area contributed by atoms with Crippen LogP contribution in [0.4, 0.5) is 0 Å². The molecule has 0 bridgehead atoms. The lowest BCUT2D eigenvalue weighted by molar-refractivity contribution is -0.154. The molecule has 11 heteroatoms. The number of carboxylic acid groups (broad SMARTS) is 1. The van der Waals surface area contributed by atoms with Crippen molar-refractivity contribution in [3.63, 3.8) is 0 Å². The highest BCUT2D eigenvalue weighted by Crippen LogP contribution is 2.43. The van der Waals surface area contributed by atoms with Crippen molar-refractivity contribution in [1.82, 2.24) is 0 Å². The molecule has 63 heavy (non-hydrogen) atoms. The molecule has 0 aromatic heterocycles. The second kappa shape index (κ2) is 46.4. The molecule has 0 rings (SSSR count). The van der Waals surface area contributed by atoms with Crippen LogP contribution < -0.4 is 5.73 Å². The highest BCUT2D eigenvalue weighted by atomic mass is 31.2. The minimum Gasteiger partial charge on any atom is -0.480 e. The van der Waals surface area contributed by atoms with Crippen LogP contribution in [0.2, 0.25) is 0 Å². The van der Waals surface area contributed by atoms with E-state index in [1.807, 2.05) is 0 Å². The minimum absolute atomic E-state index is 0.0176. The topological polar surface area (TPSA) is 155 Å². The van der Waals surface area contributed by atoms with Crippen molar-refractivity contribution in [2.45, 2.75) is 167 Å². The smallest absolute Gasteiger partial charge is 0.472 e. The molecule has 10 nitrogen and oxygen atoms in total. The third kappa shape index (κ3) is 46.2. The number of aliphatic carboxylic acids is 1. The summed E-state index contributed by atoms with van der Waals surface area (Å²) in [7, 11) is -4.64. The molecule has 0 saturated heterocycles. The Morgan fingerprint density at radius 3 is 1.30 bits per heavy atom. The van der Waals surface area contributed by atoms with Crippen LogP contribution in [0.15, 0.2) is 122 Å². The minimum atomic E-state index is -4.64. The van der Waals surface area contributed by atoms with Crippen molar-refractivity contribution in [3.8, 4) is 0 Å². The fourth-order valence-electron chi connectivity index (χ4n) is 5.66. The highest BCUT2D eigenvalue weighted by Gasteiger charge is 2.27. The Labute approximate surface area is 382 Å². The average molecular weight is 898 g/mol. The zero-order chi connectivity index (χ0) is 46.2. The molecule has 0 aliphatic carbocycles. The Morgan fingerprint density at radius 1 is 0.508 bits per heavy atom. The van der Waals surface area contributed by atoms with Crippen LogP contribution in [0, 0.1) is 0 Å². The molecule has 3 unspecified atom stereocenters. The average Bonchev–Trinajstić information content (AvgIpc) is 3.26. The van der Waals surface area contributed by atoms with E-state index < -0.39 is 45.1 Å². The lowest BCUT2D eigenvalue weighted by Gasteiger charge is -2.20. The van der Waals surface area contributed by atoms with E-state index in [4.69, 9.17) is 29.4 Å². The number of carbonyl (C=O) groups excluding carboxylic acids is 1. The first-order valence-electron chi connectivity index (χ1n) is 23.6. The molecular weight excluding hydrogens is 814 g/mol. The van der Waals surface area contributed by atoms with Gasteiger partial charge in [0.05, 0.1) is 19.8 Å². The number of allylic oxidation sites excluding steroid dienone is 20. The molecule has 0 spiro atoms. The number of rotatable bonds is 43. The van der Waals surface area contributed by atoms with Crippen molar-refractivity contribution < 1.29 is 42.7 Å². The van der Waals surface area contributed by atoms with Crippen LogP contribution in [-0.4, -0.2) is 60.5 Å². The number of phosphoric acid groups is 1. The zero-order valence-electron chi connectivity index (χ0n) is 38.9. The first-order chi connectivity index (χ1) is 30.7. The third-order valence-corrected chi connectivity index (χ3v) is 10.2. The summed E-state index contributed by atoms with van der Waals surface area (Å²) in [6, 6.07) is -1.49. The van der Waals surface area contributed by atoms with Crippen LogP contribution in [0.25, 0.3) is 0 Å². The maximum atomic E-state index is 12.7. The molecule has 0 fully saturated rings. The zero-order valence-corrected chi connectivity index (χ0v) is 39.8. The van der Waals surface area contributed by atoms with E-state index in [0.29, 0.717) is 13.0 Å². The summed E-state index contributed by atoms with van der Waals surface area (Å²) in [5.41, 5.74) is 5.36. The quantitative estimate of drug-likeness (QED) is 0.0233. The lowest BCUT2D eigenvalue weighted by Crippen LogP contribution is -2.34. The van der Waals surface area contributed by atoms with E-state index in [0.717, 1.165) is 128 Å². The van der Waals surface area contributed by atoms with Gasteiger partial charge in [0.2, 0.25) is 0 Å². The van der Waals surface area contributed by atoms with E-state index in [1.165, 1.54) is 0 Å². The standard InChI is InChI=1S/C52H84NO9P/c1-3-5-7-9-11-13-15-17-19-21-23-25-26-28-30-32-34-36-38-40-42-44-51(54)62-49(47-60-63(57,58)61-48-50(53)52(55)56)46-59-45-43-41-39-37-35-33-31-29-27-24-22-20-18-16-14-12-10-8-6-4-2/h5-8,11-14,17-20,23-25,27-28,30-31,33,49-50H,3-4,9-10,15-16,21-22,26,29,32,34-48,53H2,1-2H3,(H,55,56)(H,57,58)/b7-5-,8-6-,13-11-,14-12-,19-17-,20-18-,25-23-,27-24-,30-28-,33-31-. The van der Waals surface area contributed by atoms with Gasteiger partial charge in [0.1, 0.15) is 12.1 Å². The van der Waals surface area contributed by atoms with Gasteiger partial charge in [-0.2, -0.15) is 0 Å². The van der Waals surface area contributed by atoms with Gasteiger partial charge in [0, 0.05) is 13.0 Å². The Balaban J connectivity index is 4.33. The first-order valence-corrected chi connectivity index (χ1v) is 25.1. The number of carboxylic acids is 1. The van der Waals surface area contributed by atoms with Gasteiger partial charge in [-0.15, -0.1) is 0 Å². The molecule has 0 aromatic carbocycles. The van der Waals surface area contributed by atoms with Crippen molar-refractivity contribution >= 4 is 19.8 Å². The molecule has 0 heterocycles. The van der Waals surface area contributed by atoms with E-state index in [2.05, 4.69) is 135 Å². The van der Waals surface area contributed by atoms with E-state index in [9.17, 15) is 19.0 Å². The van der Waals surface area contributed by atoms with Crippen molar-refractivity contribution in [3.05, 3.63) is 122 Å². The lowest BCUT2D eigenvalue weighted by atomic mass is 10.1. The summed E-state index contributed by atoms with van der Waals surface area (Å²) in [4.78, 5) is 33.6. The first kappa shape index (κ1) is 59.4. The monoisotopic (exact) mass is 898 g/mol.